The van der Waals surface area contributed by atoms with Gasteiger partial charge in [-0.1, -0.05) is 6.07 Å². The van der Waals surface area contributed by atoms with Crippen LogP contribution in [0.1, 0.15) is 11.1 Å². The molecule has 1 aliphatic heterocycles. The molecule has 1 aromatic carbocycles. The Morgan fingerprint density at radius 3 is 2.94 bits per heavy atom. The molecular weight excluding hydrogens is 414 g/mol. The number of pyridine rings is 1. The van der Waals surface area contributed by atoms with Gasteiger partial charge in [0.05, 0.1) is 12.3 Å². The lowest BCUT2D eigenvalue weighted by atomic mass is 10.1. The first-order valence-corrected chi connectivity index (χ1v) is 9.81. The molecule has 9 heteroatoms. The lowest BCUT2D eigenvalue weighted by molar-refractivity contribution is -0.134. The van der Waals surface area contributed by atoms with Gasteiger partial charge in [0.15, 0.2) is 11.3 Å². The Morgan fingerprint density at radius 2 is 2.16 bits per heavy atom. The fourth-order valence-electron chi connectivity index (χ4n) is 3.26. The number of carbonyl (C=O) groups is 2. The van der Waals surface area contributed by atoms with Gasteiger partial charge in [0.25, 0.3) is 0 Å². The average molecular weight is 435 g/mol. The molecule has 3 heterocycles. The van der Waals surface area contributed by atoms with Gasteiger partial charge in [-0.3, -0.25) is 4.79 Å². The highest BCUT2D eigenvalue weighted by Crippen LogP contribution is 2.33. The normalized spacial score (nSPS) is 14.8. The number of rotatable bonds is 8. The number of carbonyl (C=O) groups excluding carboxylic acids is 1. The minimum Gasteiger partial charge on any atom is -0.489 e. The second-order valence-electron chi connectivity index (χ2n) is 7.06. The van der Waals surface area contributed by atoms with Crippen molar-refractivity contribution in [3.8, 4) is 5.75 Å². The van der Waals surface area contributed by atoms with Gasteiger partial charge in [-0.25, -0.2) is 9.78 Å². The summed E-state index contributed by atoms with van der Waals surface area (Å²) in [6.45, 7) is 2.60. The molecule has 0 bridgehead atoms. The van der Waals surface area contributed by atoms with E-state index in [1.54, 1.807) is 37.7 Å². The minimum atomic E-state index is -1.39. The SMILES string of the molecule is COCCOc1cc(C)ccc1NC1=C(C(=O)O)C(=O)/C(=C/c2c[nH]c3ncccc23)O1. The van der Waals surface area contributed by atoms with Crippen LogP contribution in [0, 0.1) is 6.92 Å². The van der Waals surface area contributed by atoms with Gasteiger partial charge < -0.3 is 29.6 Å². The zero-order valence-electron chi connectivity index (χ0n) is 17.5. The monoisotopic (exact) mass is 435 g/mol. The van der Waals surface area contributed by atoms with Crippen molar-refractivity contribution in [2.75, 3.05) is 25.6 Å². The van der Waals surface area contributed by atoms with Crippen molar-refractivity contribution in [3.05, 3.63) is 71.1 Å². The first-order valence-electron chi connectivity index (χ1n) is 9.81. The lowest BCUT2D eigenvalue weighted by Gasteiger charge is -2.14. The third kappa shape index (κ3) is 4.19. The van der Waals surface area contributed by atoms with Crippen molar-refractivity contribution in [1.29, 1.82) is 0 Å². The number of Topliss-reactive ketones (excluding diaryl/α,β-unsaturated/α-hetero) is 1. The van der Waals surface area contributed by atoms with Crippen molar-refractivity contribution >= 4 is 34.5 Å². The summed E-state index contributed by atoms with van der Waals surface area (Å²) in [6.07, 6.45) is 4.81. The predicted molar refractivity (Wildman–Crippen MR) is 117 cm³/mol. The molecule has 2 aromatic heterocycles. The first-order chi connectivity index (χ1) is 15.5. The number of carboxylic acids is 1. The Labute approximate surface area is 183 Å². The predicted octanol–water partition coefficient (Wildman–Crippen LogP) is 3.25. The van der Waals surface area contributed by atoms with Crippen LogP contribution in [0.3, 0.4) is 0 Å². The van der Waals surface area contributed by atoms with E-state index in [-0.39, 0.29) is 11.6 Å². The summed E-state index contributed by atoms with van der Waals surface area (Å²) in [5.74, 6) is -1.92. The van der Waals surface area contributed by atoms with Crippen LogP contribution in [0.15, 0.2) is 59.9 Å². The van der Waals surface area contributed by atoms with Crippen LogP contribution in [0.2, 0.25) is 0 Å². The number of allylic oxidation sites excluding steroid dienone is 1. The molecule has 0 atom stereocenters. The summed E-state index contributed by atoms with van der Waals surface area (Å²) < 4.78 is 16.4. The molecule has 0 amide bonds. The largest absolute Gasteiger partial charge is 0.489 e. The molecule has 32 heavy (non-hydrogen) atoms. The molecule has 0 spiro atoms. The Hall–Kier alpha value is -4.11. The second-order valence-corrected chi connectivity index (χ2v) is 7.06. The number of ketones is 1. The third-order valence-electron chi connectivity index (χ3n) is 4.80. The van der Waals surface area contributed by atoms with Crippen LogP contribution in [0.5, 0.6) is 5.75 Å². The zero-order valence-corrected chi connectivity index (χ0v) is 17.5. The summed E-state index contributed by atoms with van der Waals surface area (Å²) in [5, 5.41) is 13.3. The van der Waals surface area contributed by atoms with Gasteiger partial charge in [-0.15, -0.1) is 0 Å². The van der Waals surface area contributed by atoms with E-state index in [0.29, 0.717) is 35.9 Å². The average Bonchev–Trinajstić information content (AvgIpc) is 3.31. The molecule has 0 aliphatic carbocycles. The highest BCUT2D eigenvalue weighted by Gasteiger charge is 2.36. The maximum atomic E-state index is 12.8. The van der Waals surface area contributed by atoms with Crippen molar-refractivity contribution in [2.24, 2.45) is 0 Å². The van der Waals surface area contributed by atoms with E-state index >= 15 is 0 Å². The summed E-state index contributed by atoms with van der Waals surface area (Å²) in [5.41, 5.74) is 2.23. The van der Waals surface area contributed by atoms with E-state index in [1.807, 2.05) is 19.1 Å². The zero-order chi connectivity index (χ0) is 22.7. The number of hydrogen-bond donors (Lipinski definition) is 3. The standard InChI is InChI=1S/C23H21N3O6/c1-13-5-6-16(17(10-13)31-9-8-30-2)26-22-19(23(28)29)20(27)18(32-22)11-14-12-25-21-15(14)4-3-7-24-21/h3-7,10-12,26H,8-9H2,1-2H3,(H,24,25)(H,28,29)/b18-11-. The Kier molecular flexibility index (Phi) is 5.91. The maximum Gasteiger partial charge on any atom is 0.345 e. The Bertz CT molecular complexity index is 1260. The van der Waals surface area contributed by atoms with E-state index in [0.717, 1.165) is 10.9 Å². The summed E-state index contributed by atoms with van der Waals surface area (Å²) in [6, 6.07) is 8.96. The van der Waals surface area contributed by atoms with Crippen LogP contribution in [-0.4, -0.2) is 47.2 Å². The number of nitrogens with one attached hydrogen (secondary N) is 2. The lowest BCUT2D eigenvalue weighted by Crippen LogP contribution is -2.13. The fourth-order valence-corrected chi connectivity index (χ4v) is 3.26. The molecule has 1 aliphatic rings. The van der Waals surface area contributed by atoms with Crippen molar-refractivity contribution in [2.45, 2.75) is 6.92 Å². The maximum absolute atomic E-state index is 12.8. The highest BCUT2D eigenvalue weighted by molar-refractivity contribution is 6.26. The molecule has 0 saturated heterocycles. The number of aryl methyl sites for hydroxylation is 1. The number of carboxylic acid groups (broad SMARTS) is 1. The molecule has 9 nitrogen and oxygen atoms in total. The number of nitrogens with zero attached hydrogens (tertiary/aromatic N) is 1. The van der Waals surface area contributed by atoms with Gasteiger partial charge in [-0.05, 0) is 42.8 Å². The summed E-state index contributed by atoms with van der Waals surface area (Å²) in [4.78, 5) is 31.9. The number of hydrogen-bond acceptors (Lipinski definition) is 7. The number of ether oxygens (including phenoxy) is 3. The van der Waals surface area contributed by atoms with E-state index in [9.17, 15) is 14.7 Å². The topological polar surface area (TPSA) is 123 Å². The van der Waals surface area contributed by atoms with Gasteiger partial charge in [-0.2, -0.15) is 0 Å². The van der Waals surface area contributed by atoms with Crippen LogP contribution in [0.25, 0.3) is 17.1 Å². The third-order valence-corrected chi connectivity index (χ3v) is 4.80. The fraction of sp³-hybridized carbons (Fsp3) is 0.174. The molecule has 0 radical (unpaired) electrons. The van der Waals surface area contributed by atoms with Gasteiger partial charge >= 0.3 is 5.97 Å². The van der Waals surface area contributed by atoms with Crippen molar-refractivity contribution < 1.29 is 28.9 Å². The van der Waals surface area contributed by atoms with Crippen LogP contribution in [-0.2, 0) is 19.1 Å². The number of H-pyrrole nitrogens is 1. The number of fused-ring (bicyclic) bond motifs is 1. The first kappa shape index (κ1) is 21.1. The van der Waals surface area contributed by atoms with Gasteiger partial charge in [0.1, 0.15) is 18.0 Å². The molecule has 4 rings (SSSR count). The van der Waals surface area contributed by atoms with Crippen LogP contribution >= 0.6 is 0 Å². The quantitative estimate of drug-likeness (QED) is 0.280. The van der Waals surface area contributed by atoms with Crippen molar-refractivity contribution in [1.82, 2.24) is 9.97 Å². The highest BCUT2D eigenvalue weighted by atomic mass is 16.5. The van der Waals surface area contributed by atoms with E-state index < -0.39 is 17.3 Å². The molecule has 0 unspecified atom stereocenters. The number of methoxy groups -OCH3 is 1. The Balaban J connectivity index is 1.65. The minimum absolute atomic E-state index is 0.108. The number of anilines is 1. The number of benzene rings is 1. The van der Waals surface area contributed by atoms with Gasteiger partial charge in [0, 0.05) is 30.5 Å². The number of aromatic amines is 1. The number of aliphatic carboxylic acids is 1. The Morgan fingerprint density at radius 1 is 1.31 bits per heavy atom. The smallest absolute Gasteiger partial charge is 0.345 e. The van der Waals surface area contributed by atoms with Crippen LogP contribution < -0.4 is 10.1 Å². The van der Waals surface area contributed by atoms with Crippen molar-refractivity contribution in [3.63, 3.8) is 0 Å². The van der Waals surface area contributed by atoms with E-state index in [1.165, 1.54) is 6.08 Å². The molecule has 0 saturated carbocycles. The molecule has 3 N–H and O–H groups in total. The number of aromatic nitrogens is 2. The summed E-state index contributed by atoms with van der Waals surface area (Å²) >= 11 is 0. The molecule has 0 fully saturated rings. The molecule has 3 aromatic rings. The molecule has 164 valence electrons. The van der Waals surface area contributed by atoms with Crippen LogP contribution in [0.4, 0.5) is 5.69 Å². The van der Waals surface area contributed by atoms with Gasteiger partial charge in [0.2, 0.25) is 11.7 Å². The summed E-state index contributed by atoms with van der Waals surface area (Å²) in [7, 11) is 1.57. The second kappa shape index (κ2) is 8.94. The molecular formula is C23H21N3O6. The van der Waals surface area contributed by atoms with E-state index in [2.05, 4.69) is 15.3 Å². The van der Waals surface area contributed by atoms with E-state index in [4.69, 9.17) is 14.2 Å².